The second-order valence-corrected chi connectivity index (χ2v) is 4.52. The highest BCUT2D eigenvalue weighted by Crippen LogP contribution is 2.26. The quantitative estimate of drug-likeness (QED) is 0.561. The van der Waals surface area contributed by atoms with Gasteiger partial charge in [0.25, 0.3) is 5.89 Å². The average Bonchev–Trinajstić information content (AvgIpc) is 3.05. The molecule has 3 aromatic heterocycles. The number of hydrogen-bond donors (Lipinski definition) is 0. The van der Waals surface area contributed by atoms with E-state index in [1.807, 2.05) is 48.5 Å². The molecule has 100 valence electrons. The van der Waals surface area contributed by atoms with Crippen molar-refractivity contribution >= 4 is 10.9 Å². The maximum absolute atomic E-state index is 5.37. The van der Waals surface area contributed by atoms with Crippen molar-refractivity contribution in [3.63, 3.8) is 0 Å². The van der Waals surface area contributed by atoms with Crippen LogP contribution in [0.25, 0.3) is 33.9 Å². The number of benzene rings is 1. The number of aromatic nitrogens is 4. The molecule has 0 bridgehead atoms. The van der Waals surface area contributed by atoms with E-state index in [-0.39, 0.29) is 0 Å². The standard InChI is InChI=1S/C16H10N4O/c1-2-9-17-13(8-1)15-19-16(21-20-15)12-7-3-5-11-6-4-10-18-14(11)12/h1-10H. The van der Waals surface area contributed by atoms with Gasteiger partial charge in [0.2, 0.25) is 5.82 Å². The van der Waals surface area contributed by atoms with Gasteiger partial charge in [-0.1, -0.05) is 29.4 Å². The molecule has 0 saturated heterocycles. The van der Waals surface area contributed by atoms with Gasteiger partial charge in [0.15, 0.2) is 0 Å². The van der Waals surface area contributed by atoms with Gasteiger partial charge in [-0.25, -0.2) is 0 Å². The molecule has 1 aromatic carbocycles. The monoisotopic (exact) mass is 274 g/mol. The third kappa shape index (κ3) is 2.04. The van der Waals surface area contributed by atoms with Crippen molar-refractivity contribution in [2.24, 2.45) is 0 Å². The minimum atomic E-state index is 0.444. The lowest BCUT2D eigenvalue weighted by Gasteiger charge is -2.00. The van der Waals surface area contributed by atoms with Crippen LogP contribution in [-0.2, 0) is 0 Å². The maximum Gasteiger partial charge on any atom is 0.260 e. The SMILES string of the molecule is c1ccc(-c2noc(-c3cccc4cccnc34)n2)nc1. The molecule has 4 aromatic rings. The van der Waals surface area contributed by atoms with Crippen LogP contribution in [0.5, 0.6) is 0 Å². The molecule has 0 fully saturated rings. The first-order valence-electron chi connectivity index (χ1n) is 6.51. The topological polar surface area (TPSA) is 64.7 Å². The van der Waals surface area contributed by atoms with Gasteiger partial charge in [-0.3, -0.25) is 9.97 Å². The van der Waals surface area contributed by atoms with Crippen LogP contribution >= 0.6 is 0 Å². The van der Waals surface area contributed by atoms with Crippen LogP contribution in [-0.4, -0.2) is 20.1 Å². The van der Waals surface area contributed by atoms with Crippen LogP contribution in [0.2, 0.25) is 0 Å². The van der Waals surface area contributed by atoms with Crippen molar-refractivity contribution in [1.29, 1.82) is 0 Å². The Bertz CT molecular complexity index is 897. The molecule has 5 nitrogen and oxygen atoms in total. The summed E-state index contributed by atoms with van der Waals surface area (Å²) in [5.41, 5.74) is 2.35. The highest BCUT2D eigenvalue weighted by molar-refractivity contribution is 5.91. The van der Waals surface area contributed by atoms with E-state index in [1.165, 1.54) is 0 Å². The molecule has 0 atom stereocenters. The van der Waals surface area contributed by atoms with Crippen LogP contribution in [0.3, 0.4) is 0 Å². The summed E-state index contributed by atoms with van der Waals surface area (Å²) in [5, 5.41) is 5.03. The van der Waals surface area contributed by atoms with Crippen LogP contribution in [0.15, 0.2) is 65.4 Å². The summed E-state index contributed by atoms with van der Waals surface area (Å²) in [6.45, 7) is 0. The predicted molar refractivity (Wildman–Crippen MR) is 78.3 cm³/mol. The second kappa shape index (κ2) is 4.79. The summed E-state index contributed by atoms with van der Waals surface area (Å²) in [6, 6.07) is 15.4. The van der Waals surface area contributed by atoms with Crippen molar-refractivity contribution in [1.82, 2.24) is 20.1 Å². The van der Waals surface area contributed by atoms with E-state index < -0.39 is 0 Å². The van der Waals surface area contributed by atoms with Crippen LogP contribution < -0.4 is 0 Å². The lowest BCUT2D eigenvalue weighted by Crippen LogP contribution is -1.86. The molecule has 4 rings (SSSR count). The molecule has 0 saturated carbocycles. The predicted octanol–water partition coefficient (Wildman–Crippen LogP) is 3.35. The largest absolute Gasteiger partial charge is 0.333 e. The Morgan fingerprint density at radius 3 is 2.62 bits per heavy atom. The smallest absolute Gasteiger partial charge is 0.260 e. The van der Waals surface area contributed by atoms with Gasteiger partial charge in [-0.2, -0.15) is 4.98 Å². The highest BCUT2D eigenvalue weighted by atomic mass is 16.5. The van der Waals surface area contributed by atoms with Gasteiger partial charge >= 0.3 is 0 Å². The zero-order valence-corrected chi connectivity index (χ0v) is 11.0. The van der Waals surface area contributed by atoms with Gasteiger partial charge < -0.3 is 4.52 Å². The summed E-state index contributed by atoms with van der Waals surface area (Å²) in [4.78, 5) is 13.0. The lowest BCUT2D eigenvalue weighted by atomic mass is 10.1. The minimum absolute atomic E-state index is 0.444. The molecular weight excluding hydrogens is 264 g/mol. The fraction of sp³-hybridized carbons (Fsp3) is 0. The highest BCUT2D eigenvalue weighted by Gasteiger charge is 2.14. The molecule has 0 radical (unpaired) electrons. The Morgan fingerprint density at radius 2 is 1.71 bits per heavy atom. The van der Waals surface area contributed by atoms with Crippen molar-refractivity contribution < 1.29 is 4.52 Å². The van der Waals surface area contributed by atoms with Crippen molar-refractivity contribution in [3.8, 4) is 23.0 Å². The first-order chi connectivity index (χ1) is 10.4. The zero-order chi connectivity index (χ0) is 14.1. The average molecular weight is 274 g/mol. The third-order valence-electron chi connectivity index (χ3n) is 3.18. The Hall–Kier alpha value is -3.08. The summed E-state index contributed by atoms with van der Waals surface area (Å²) in [7, 11) is 0. The Morgan fingerprint density at radius 1 is 0.810 bits per heavy atom. The molecule has 0 spiro atoms. The van der Waals surface area contributed by atoms with E-state index in [0.717, 1.165) is 16.5 Å². The van der Waals surface area contributed by atoms with Crippen LogP contribution in [0, 0.1) is 0 Å². The first kappa shape index (κ1) is 11.7. The van der Waals surface area contributed by atoms with Gasteiger partial charge in [0, 0.05) is 17.8 Å². The van der Waals surface area contributed by atoms with Gasteiger partial charge in [-0.05, 0) is 24.3 Å². The van der Waals surface area contributed by atoms with Gasteiger partial charge in [0.05, 0.1) is 11.1 Å². The summed E-state index contributed by atoms with van der Waals surface area (Å²) < 4.78 is 5.37. The number of nitrogens with zero attached hydrogens (tertiary/aromatic N) is 4. The molecule has 5 heteroatoms. The molecular formula is C16H10N4O. The Kier molecular flexibility index (Phi) is 2.67. The number of fused-ring (bicyclic) bond motifs is 1. The molecule has 0 unspecified atom stereocenters. The van der Waals surface area contributed by atoms with Crippen molar-refractivity contribution in [2.45, 2.75) is 0 Å². The molecule has 0 N–H and O–H groups in total. The summed E-state index contributed by atoms with van der Waals surface area (Å²) in [6.07, 6.45) is 3.45. The molecule has 3 heterocycles. The second-order valence-electron chi connectivity index (χ2n) is 4.52. The maximum atomic E-state index is 5.37. The fourth-order valence-corrected chi connectivity index (χ4v) is 2.21. The van der Waals surface area contributed by atoms with Crippen LogP contribution in [0.4, 0.5) is 0 Å². The molecule has 0 aliphatic heterocycles. The number of rotatable bonds is 2. The Labute approximate surface area is 120 Å². The van der Waals surface area contributed by atoms with Crippen molar-refractivity contribution in [3.05, 3.63) is 60.9 Å². The molecule has 0 amide bonds. The number of para-hydroxylation sites is 1. The van der Waals surface area contributed by atoms with Crippen LogP contribution in [0.1, 0.15) is 0 Å². The van der Waals surface area contributed by atoms with E-state index in [4.69, 9.17) is 4.52 Å². The number of pyridine rings is 2. The number of hydrogen-bond acceptors (Lipinski definition) is 5. The Balaban J connectivity index is 1.85. The molecule has 21 heavy (non-hydrogen) atoms. The van der Waals surface area contributed by atoms with E-state index >= 15 is 0 Å². The van der Waals surface area contributed by atoms with E-state index in [2.05, 4.69) is 20.1 Å². The molecule has 0 aliphatic rings. The minimum Gasteiger partial charge on any atom is -0.333 e. The van der Waals surface area contributed by atoms with E-state index in [1.54, 1.807) is 12.4 Å². The summed E-state index contributed by atoms with van der Waals surface area (Å²) in [5.74, 6) is 0.915. The van der Waals surface area contributed by atoms with Gasteiger partial charge in [0.1, 0.15) is 5.69 Å². The van der Waals surface area contributed by atoms with Crippen molar-refractivity contribution in [2.75, 3.05) is 0 Å². The molecule has 0 aliphatic carbocycles. The van der Waals surface area contributed by atoms with Gasteiger partial charge in [-0.15, -0.1) is 0 Å². The normalized spacial score (nSPS) is 10.9. The summed E-state index contributed by atoms with van der Waals surface area (Å²) >= 11 is 0. The zero-order valence-electron chi connectivity index (χ0n) is 11.0. The van der Waals surface area contributed by atoms with E-state index in [0.29, 0.717) is 17.4 Å². The lowest BCUT2D eigenvalue weighted by molar-refractivity contribution is 0.432. The van der Waals surface area contributed by atoms with E-state index in [9.17, 15) is 0 Å². The first-order valence-corrected chi connectivity index (χ1v) is 6.51. The third-order valence-corrected chi connectivity index (χ3v) is 3.18. The fourth-order valence-electron chi connectivity index (χ4n) is 2.21.